The number of carboxylic acids is 1. The highest BCUT2D eigenvalue weighted by atomic mass is 32.1. The van der Waals surface area contributed by atoms with Crippen LogP contribution in [0.15, 0.2) is 91.0 Å². The summed E-state index contributed by atoms with van der Waals surface area (Å²) in [6.07, 6.45) is 0.550. The van der Waals surface area contributed by atoms with Crippen LogP contribution in [-0.4, -0.2) is 36.4 Å². The molecule has 41 heavy (non-hydrogen) atoms. The van der Waals surface area contributed by atoms with Gasteiger partial charge in [-0.1, -0.05) is 54.6 Å². The first-order valence-corrected chi connectivity index (χ1v) is 13.8. The molecule has 0 saturated carbocycles. The zero-order chi connectivity index (χ0) is 28.8. The predicted octanol–water partition coefficient (Wildman–Crippen LogP) is 7.69. The molecule has 5 rings (SSSR count). The molecule has 4 aromatic carbocycles. The second-order valence-electron chi connectivity index (χ2n) is 9.29. The maximum absolute atomic E-state index is 14.6. The van der Waals surface area contributed by atoms with Crippen molar-refractivity contribution in [2.75, 3.05) is 20.3 Å². The SMILES string of the molecule is COc1ccc(-c2nc(CCOc3ccc(OCC(=O)O)c(C)c3)sc2-c2ccc(-c3ccccc3)cc2)cc1F. The van der Waals surface area contributed by atoms with Crippen LogP contribution in [0.25, 0.3) is 32.8 Å². The maximum Gasteiger partial charge on any atom is 0.341 e. The molecular weight excluding hydrogens is 541 g/mol. The third-order valence-corrected chi connectivity index (χ3v) is 7.60. The first-order valence-electron chi connectivity index (χ1n) is 13.0. The number of halogens is 1. The molecule has 0 unspecified atom stereocenters. The van der Waals surface area contributed by atoms with E-state index >= 15 is 0 Å². The Morgan fingerprint density at radius 3 is 2.22 bits per heavy atom. The average Bonchev–Trinajstić information content (AvgIpc) is 3.41. The van der Waals surface area contributed by atoms with Gasteiger partial charge in [0.2, 0.25) is 0 Å². The van der Waals surface area contributed by atoms with Gasteiger partial charge in [0.15, 0.2) is 18.2 Å². The van der Waals surface area contributed by atoms with Crippen molar-refractivity contribution in [2.45, 2.75) is 13.3 Å². The third kappa shape index (κ3) is 6.73. The lowest BCUT2D eigenvalue weighted by molar-refractivity contribution is -0.139. The van der Waals surface area contributed by atoms with Crippen molar-refractivity contribution in [2.24, 2.45) is 0 Å². The molecule has 0 spiro atoms. The standard InChI is InChI=1S/C33H28FNO5S/c1-21-18-26(13-15-28(21)40-20-31(36)37)39-17-16-30-35-32(25-12-14-29(38-2)27(34)19-25)33(41-30)24-10-8-23(9-11-24)22-6-4-3-5-7-22/h3-15,18-19H,16-17,20H2,1-2H3,(H,36,37). The molecule has 6 nitrogen and oxygen atoms in total. The van der Waals surface area contributed by atoms with Gasteiger partial charge in [0, 0.05) is 12.0 Å². The lowest BCUT2D eigenvalue weighted by Crippen LogP contribution is -2.10. The van der Waals surface area contributed by atoms with Crippen LogP contribution < -0.4 is 14.2 Å². The summed E-state index contributed by atoms with van der Waals surface area (Å²) in [4.78, 5) is 16.6. The fraction of sp³-hybridized carbons (Fsp3) is 0.152. The van der Waals surface area contributed by atoms with Crippen molar-refractivity contribution in [1.29, 1.82) is 0 Å². The number of aliphatic carboxylic acids is 1. The Balaban J connectivity index is 1.37. The number of methoxy groups -OCH3 is 1. The zero-order valence-electron chi connectivity index (χ0n) is 22.6. The van der Waals surface area contributed by atoms with E-state index in [0.717, 1.165) is 32.1 Å². The Hall–Kier alpha value is -4.69. The van der Waals surface area contributed by atoms with E-state index in [9.17, 15) is 9.18 Å². The van der Waals surface area contributed by atoms with Gasteiger partial charge in [-0.15, -0.1) is 11.3 Å². The number of nitrogens with zero attached hydrogens (tertiary/aromatic N) is 1. The van der Waals surface area contributed by atoms with Crippen LogP contribution in [0.2, 0.25) is 0 Å². The quantitative estimate of drug-likeness (QED) is 0.176. The summed E-state index contributed by atoms with van der Waals surface area (Å²) in [6.45, 7) is 1.81. The monoisotopic (exact) mass is 569 g/mol. The van der Waals surface area contributed by atoms with Crippen LogP contribution in [0.5, 0.6) is 17.2 Å². The molecule has 0 amide bonds. The Labute approximate surface area is 241 Å². The van der Waals surface area contributed by atoms with Crippen molar-refractivity contribution < 1.29 is 28.5 Å². The summed E-state index contributed by atoms with van der Waals surface area (Å²) in [6, 6.07) is 28.6. The van der Waals surface area contributed by atoms with E-state index in [1.54, 1.807) is 29.5 Å². The van der Waals surface area contributed by atoms with Gasteiger partial charge in [-0.05, 0) is 65.6 Å². The summed E-state index contributed by atoms with van der Waals surface area (Å²) >= 11 is 1.55. The summed E-state index contributed by atoms with van der Waals surface area (Å²) in [5.41, 5.74) is 5.39. The minimum absolute atomic E-state index is 0.182. The first kappa shape index (κ1) is 27.9. The van der Waals surface area contributed by atoms with Crippen LogP contribution >= 0.6 is 11.3 Å². The van der Waals surface area contributed by atoms with Crippen LogP contribution in [-0.2, 0) is 11.2 Å². The molecule has 1 aromatic heterocycles. The molecule has 0 radical (unpaired) electrons. The number of hydrogen-bond acceptors (Lipinski definition) is 6. The van der Waals surface area contributed by atoms with Gasteiger partial charge in [-0.2, -0.15) is 0 Å². The second-order valence-corrected chi connectivity index (χ2v) is 10.4. The highest BCUT2D eigenvalue weighted by Crippen LogP contribution is 2.39. The van der Waals surface area contributed by atoms with E-state index in [-0.39, 0.29) is 5.75 Å². The second kappa shape index (κ2) is 12.7. The van der Waals surface area contributed by atoms with Gasteiger partial charge in [0.05, 0.1) is 29.3 Å². The number of hydrogen-bond donors (Lipinski definition) is 1. The summed E-state index contributed by atoms with van der Waals surface area (Å²) < 4.78 is 31.0. The topological polar surface area (TPSA) is 77.9 Å². The van der Waals surface area contributed by atoms with Gasteiger partial charge in [-0.3, -0.25) is 0 Å². The first-order chi connectivity index (χ1) is 19.9. The minimum Gasteiger partial charge on any atom is -0.494 e. The predicted molar refractivity (Wildman–Crippen MR) is 158 cm³/mol. The van der Waals surface area contributed by atoms with E-state index in [4.69, 9.17) is 24.3 Å². The number of aromatic nitrogens is 1. The largest absolute Gasteiger partial charge is 0.494 e. The average molecular weight is 570 g/mol. The number of benzene rings is 4. The molecular formula is C33H28FNO5S. The Morgan fingerprint density at radius 1 is 0.854 bits per heavy atom. The summed E-state index contributed by atoms with van der Waals surface area (Å²) in [7, 11) is 1.44. The van der Waals surface area contributed by atoms with Crippen molar-refractivity contribution >= 4 is 17.3 Å². The maximum atomic E-state index is 14.6. The van der Waals surface area contributed by atoms with Gasteiger partial charge >= 0.3 is 5.97 Å². The van der Waals surface area contributed by atoms with Gasteiger partial charge in [0.25, 0.3) is 0 Å². The van der Waals surface area contributed by atoms with Crippen LogP contribution in [0.4, 0.5) is 4.39 Å². The fourth-order valence-corrected chi connectivity index (χ4v) is 5.46. The van der Waals surface area contributed by atoms with Crippen molar-refractivity contribution in [3.05, 3.63) is 107 Å². The van der Waals surface area contributed by atoms with E-state index in [0.29, 0.717) is 35.8 Å². The van der Waals surface area contributed by atoms with Crippen LogP contribution in [0.3, 0.4) is 0 Å². The van der Waals surface area contributed by atoms with Crippen LogP contribution in [0.1, 0.15) is 10.6 Å². The molecule has 0 aliphatic heterocycles. The molecule has 1 heterocycles. The van der Waals surface area contributed by atoms with Gasteiger partial charge < -0.3 is 19.3 Å². The summed E-state index contributed by atoms with van der Waals surface area (Å²) in [5, 5.41) is 9.69. The van der Waals surface area contributed by atoms with Crippen molar-refractivity contribution in [3.8, 4) is 50.1 Å². The number of carbonyl (C=O) groups is 1. The molecule has 0 fully saturated rings. The zero-order valence-corrected chi connectivity index (χ0v) is 23.4. The van der Waals surface area contributed by atoms with Gasteiger partial charge in [0.1, 0.15) is 11.5 Å². The molecule has 5 aromatic rings. The molecule has 0 atom stereocenters. The molecule has 0 bridgehead atoms. The number of rotatable bonds is 11. The smallest absolute Gasteiger partial charge is 0.341 e. The van der Waals surface area contributed by atoms with Gasteiger partial charge in [-0.25, -0.2) is 14.2 Å². The Morgan fingerprint density at radius 2 is 1.54 bits per heavy atom. The number of ether oxygens (including phenoxy) is 3. The molecule has 0 aliphatic rings. The molecule has 0 saturated heterocycles. The molecule has 0 aliphatic carbocycles. The van der Waals surface area contributed by atoms with Crippen LogP contribution in [0, 0.1) is 12.7 Å². The number of carboxylic acid groups (broad SMARTS) is 1. The highest BCUT2D eigenvalue weighted by Gasteiger charge is 2.17. The minimum atomic E-state index is -1.03. The van der Waals surface area contributed by atoms with E-state index < -0.39 is 18.4 Å². The lowest BCUT2D eigenvalue weighted by Gasteiger charge is -2.10. The Bertz CT molecular complexity index is 1650. The number of aryl methyl sites for hydroxylation is 1. The molecule has 8 heteroatoms. The third-order valence-electron chi connectivity index (χ3n) is 6.43. The van der Waals surface area contributed by atoms with Crippen molar-refractivity contribution in [1.82, 2.24) is 4.98 Å². The highest BCUT2D eigenvalue weighted by molar-refractivity contribution is 7.15. The van der Waals surface area contributed by atoms with E-state index in [2.05, 4.69) is 36.4 Å². The molecule has 1 N–H and O–H groups in total. The normalized spacial score (nSPS) is 10.8. The Kier molecular flexibility index (Phi) is 8.60. The summed E-state index contributed by atoms with van der Waals surface area (Å²) in [5.74, 6) is -0.147. The van der Waals surface area contributed by atoms with Crippen molar-refractivity contribution in [3.63, 3.8) is 0 Å². The fourth-order valence-electron chi connectivity index (χ4n) is 4.39. The molecule has 208 valence electrons. The lowest BCUT2D eigenvalue weighted by atomic mass is 10.0. The van der Waals surface area contributed by atoms with E-state index in [1.807, 2.05) is 37.3 Å². The van der Waals surface area contributed by atoms with E-state index in [1.165, 1.54) is 13.2 Å². The number of thiazole rings is 1.